The molecule has 0 atom stereocenters. The molecule has 0 aliphatic heterocycles. The number of ether oxygens (including phenoxy) is 2. The fraction of sp³-hybridized carbons (Fsp3) is 0.533. The molecule has 1 aromatic rings. The lowest BCUT2D eigenvalue weighted by atomic mass is 10.2. The van der Waals surface area contributed by atoms with Crippen LogP contribution in [0.25, 0.3) is 0 Å². The zero-order chi connectivity index (χ0) is 15.9. The Bertz CT molecular complexity index is 478. The second-order valence-corrected chi connectivity index (χ2v) is 5.58. The Hall–Kier alpha value is -2.11. The minimum atomic E-state index is -0.669. The predicted molar refractivity (Wildman–Crippen MR) is 80.8 cm³/mol. The Kier molecular flexibility index (Phi) is 6.14. The SMILES string of the molecule is CCCCOc1ccc(C(=N)NC(=O)OC(C)(C)C)nc1. The molecule has 0 spiro atoms. The van der Waals surface area contributed by atoms with Gasteiger partial charge in [-0.2, -0.15) is 0 Å². The first-order valence-electron chi connectivity index (χ1n) is 6.99. The summed E-state index contributed by atoms with van der Waals surface area (Å²) in [6.07, 6.45) is 2.92. The lowest BCUT2D eigenvalue weighted by molar-refractivity contribution is 0.0563. The van der Waals surface area contributed by atoms with Crippen molar-refractivity contribution in [2.24, 2.45) is 0 Å². The predicted octanol–water partition coefficient (Wildman–Crippen LogP) is 3.11. The van der Waals surface area contributed by atoms with Gasteiger partial charge in [0.05, 0.1) is 12.8 Å². The molecule has 1 amide bonds. The number of amidine groups is 1. The number of nitrogens with zero attached hydrogens (tertiary/aromatic N) is 1. The maximum Gasteiger partial charge on any atom is 0.413 e. The first kappa shape index (κ1) is 16.9. The number of hydrogen-bond acceptors (Lipinski definition) is 5. The van der Waals surface area contributed by atoms with Gasteiger partial charge in [-0.1, -0.05) is 13.3 Å². The molecule has 0 aromatic carbocycles. The van der Waals surface area contributed by atoms with E-state index >= 15 is 0 Å². The fourth-order valence-corrected chi connectivity index (χ4v) is 1.42. The van der Waals surface area contributed by atoms with Crippen LogP contribution in [0.15, 0.2) is 18.3 Å². The zero-order valence-electron chi connectivity index (χ0n) is 13.0. The van der Waals surface area contributed by atoms with E-state index in [1.165, 1.54) is 6.20 Å². The van der Waals surface area contributed by atoms with Gasteiger partial charge in [0.1, 0.15) is 17.0 Å². The van der Waals surface area contributed by atoms with Crippen LogP contribution in [-0.4, -0.2) is 29.1 Å². The molecule has 1 heterocycles. The van der Waals surface area contributed by atoms with Gasteiger partial charge in [0.2, 0.25) is 0 Å². The first-order valence-corrected chi connectivity index (χ1v) is 6.99. The second kappa shape index (κ2) is 7.61. The minimum Gasteiger partial charge on any atom is -0.492 e. The van der Waals surface area contributed by atoms with Crippen LogP contribution in [0.5, 0.6) is 5.75 Å². The highest BCUT2D eigenvalue weighted by Gasteiger charge is 2.17. The summed E-state index contributed by atoms with van der Waals surface area (Å²) in [5.74, 6) is 0.543. The van der Waals surface area contributed by atoms with E-state index < -0.39 is 11.7 Å². The Morgan fingerprint density at radius 2 is 2.10 bits per heavy atom. The number of nitrogens with one attached hydrogen (secondary N) is 2. The second-order valence-electron chi connectivity index (χ2n) is 5.58. The molecule has 6 nitrogen and oxygen atoms in total. The summed E-state index contributed by atoms with van der Waals surface area (Å²) in [6, 6.07) is 3.35. The Labute approximate surface area is 125 Å². The molecule has 6 heteroatoms. The minimum absolute atomic E-state index is 0.107. The third-order valence-corrected chi connectivity index (χ3v) is 2.39. The van der Waals surface area contributed by atoms with E-state index in [0.717, 1.165) is 12.8 Å². The van der Waals surface area contributed by atoms with Crippen LogP contribution in [-0.2, 0) is 4.74 Å². The molecule has 2 N–H and O–H groups in total. The van der Waals surface area contributed by atoms with E-state index in [0.29, 0.717) is 18.1 Å². The fourth-order valence-electron chi connectivity index (χ4n) is 1.42. The molecular weight excluding hydrogens is 270 g/mol. The highest BCUT2D eigenvalue weighted by Crippen LogP contribution is 2.10. The van der Waals surface area contributed by atoms with Crippen molar-refractivity contribution in [2.75, 3.05) is 6.61 Å². The Balaban J connectivity index is 2.53. The Morgan fingerprint density at radius 3 is 2.62 bits per heavy atom. The van der Waals surface area contributed by atoms with E-state index in [2.05, 4.69) is 17.2 Å². The summed E-state index contributed by atoms with van der Waals surface area (Å²) in [5, 5.41) is 10.1. The molecule has 0 bridgehead atoms. The van der Waals surface area contributed by atoms with Crippen molar-refractivity contribution in [3.8, 4) is 5.75 Å². The van der Waals surface area contributed by atoms with E-state index in [-0.39, 0.29) is 5.84 Å². The summed E-state index contributed by atoms with van der Waals surface area (Å²) in [6.45, 7) is 8.02. The smallest absolute Gasteiger partial charge is 0.413 e. The molecule has 116 valence electrons. The number of carbonyl (C=O) groups is 1. The van der Waals surface area contributed by atoms with Crippen molar-refractivity contribution in [1.29, 1.82) is 5.41 Å². The average molecular weight is 293 g/mol. The van der Waals surface area contributed by atoms with Crippen LogP contribution in [0.3, 0.4) is 0 Å². The number of hydrogen-bond donors (Lipinski definition) is 2. The van der Waals surface area contributed by atoms with Gasteiger partial charge in [0.25, 0.3) is 0 Å². The number of alkyl carbamates (subject to hydrolysis) is 1. The largest absolute Gasteiger partial charge is 0.492 e. The molecule has 0 saturated heterocycles. The van der Waals surface area contributed by atoms with Gasteiger partial charge in [0, 0.05) is 0 Å². The number of carbonyl (C=O) groups excluding carboxylic acids is 1. The first-order chi connectivity index (χ1) is 9.81. The van der Waals surface area contributed by atoms with Crippen molar-refractivity contribution in [3.63, 3.8) is 0 Å². The molecule has 0 radical (unpaired) electrons. The molecule has 1 rings (SSSR count). The monoisotopic (exact) mass is 293 g/mol. The number of rotatable bonds is 5. The van der Waals surface area contributed by atoms with Crippen molar-refractivity contribution >= 4 is 11.9 Å². The topological polar surface area (TPSA) is 84.3 Å². The maximum absolute atomic E-state index is 11.6. The zero-order valence-corrected chi connectivity index (χ0v) is 13.0. The number of amides is 1. The van der Waals surface area contributed by atoms with Crippen LogP contribution >= 0.6 is 0 Å². The van der Waals surface area contributed by atoms with E-state index in [9.17, 15) is 4.79 Å². The van der Waals surface area contributed by atoms with Gasteiger partial charge < -0.3 is 9.47 Å². The maximum atomic E-state index is 11.6. The molecule has 0 saturated carbocycles. The van der Waals surface area contributed by atoms with Crippen LogP contribution in [0, 0.1) is 5.41 Å². The lowest BCUT2D eigenvalue weighted by Crippen LogP contribution is -2.36. The van der Waals surface area contributed by atoms with Crippen molar-refractivity contribution in [3.05, 3.63) is 24.0 Å². The molecule has 0 fully saturated rings. The van der Waals surface area contributed by atoms with Gasteiger partial charge in [0.15, 0.2) is 5.84 Å². The van der Waals surface area contributed by atoms with Gasteiger partial charge in [-0.05, 0) is 39.3 Å². The average Bonchev–Trinajstić information content (AvgIpc) is 2.37. The number of aromatic nitrogens is 1. The Morgan fingerprint density at radius 1 is 1.38 bits per heavy atom. The molecule has 1 aromatic heterocycles. The van der Waals surface area contributed by atoms with Crippen molar-refractivity contribution in [2.45, 2.75) is 46.1 Å². The van der Waals surface area contributed by atoms with Crippen molar-refractivity contribution < 1.29 is 14.3 Å². The van der Waals surface area contributed by atoms with Crippen LogP contribution in [0.4, 0.5) is 4.79 Å². The lowest BCUT2D eigenvalue weighted by Gasteiger charge is -2.19. The van der Waals surface area contributed by atoms with Gasteiger partial charge in [-0.15, -0.1) is 0 Å². The molecule has 21 heavy (non-hydrogen) atoms. The van der Waals surface area contributed by atoms with Gasteiger partial charge >= 0.3 is 6.09 Å². The van der Waals surface area contributed by atoms with Gasteiger partial charge in [-0.3, -0.25) is 10.7 Å². The summed E-state index contributed by atoms with van der Waals surface area (Å²) in [7, 11) is 0. The summed E-state index contributed by atoms with van der Waals surface area (Å²) in [4.78, 5) is 15.6. The van der Waals surface area contributed by atoms with E-state index in [4.69, 9.17) is 14.9 Å². The third kappa shape index (κ3) is 6.74. The molecule has 0 unspecified atom stereocenters. The normalized spacial score (nSPS) is 10.9. The quantitative estimate of drug-likeness (QED) is 0.496. The third-order valence-electron chi connectivity index (χ3n) is 2.39. The van der Waals surface area contributed by atoms with Crippen molar-refractivity contribution in [1.82, 2.24) is 10.3 Å². The standard InChI is InChI=1S/C15H23N3O3/c1-5-6-9-20-11-7-8-12(17-10-11)13(16)18-14(19)21-15(2,3)4/h7-8,10H,5-6,9H2,1-4H3,(H2,16,18,19). The summed E-state index contributed by atoms with van der Waals surface area (Å²) >= 11 is 0. The number of unbranched alkanes of at least 4 members (excludes halogenated alkanes) is 1. The molecular formula is C15H23N3O3. The van der Waals surface area contributed by atoms with Crippen LogP contribution < -0.4 is 10.1 Å². The highest BCUT2D eigenvalue weighted by molar-refractivity contribution is 6.03. The van der Waals surface area contributed by atoms with Gasteiger partial charge in [-0.25, -0.2) is 9.78 Å². The van der Waals surface area contributed by atoms with Crippen LogP contribution in [0.2, 0.25) is 0 Å². The molecule has 0 aliphatic rings. The molecule has 0 aliphatic carbocycles. The summed E-state index contributed by atoms with van der Waals surface area (Å²) < 4.78 is 10.6. The van der Waals surface area contributed by atoms with E-state index in [1.807, 2.05) is 0 Å². The van der Waals surface area contributed by atoms with Crippen LogP contribution in [0.1, 0.15) is 46.2 Å². The number of pyridine rings is 1. The highest BCUT2D eigenvalue weighted by atomic mass is 16.6. The van der Waals surface area contributed by atoms with E-state index in [1.54, 1.807) is 32.9 Å². The summed E-state index contributed by atoms with van der Waals surface area (Å²) in [5.41, 5.74) is -0.252.